The van der Waals surface area contributed by atoms with Crippen LogP contribution < -0.4 is 4.90 Å². The third kappa shape index (κ3) is 1.94. The summed E-state index contributed by atoms with van der Waals surface area (Å²) in [6.07, 6.45) is 1.77. The molecule has 1 amide bonds. The van der Waals surface area contributed by atoms with Crippen LogP contribution in [0.5, 0.6) is 0 Å². The van der Waals surface area contributed by atoms with Gasteiger partial charge in [-0.05, 0) is 36.6 Å². The first kappa shape index (κ1) is 11.1. The summed E-state index contributed by atoms with van der Waals surface area (Å²) in [6, 6.07) is 4.67. The predicted octanol–water partition coefficient (Wildman–Crippen LogP) is 2.76. The van der Waals surface area contributed by atoms with Gasteiger partial charge in [-0.1, -0.05) is 13.8 Å². The number of rotatable bonds is 1. The van der Waals surface area contributed by atoms with Crippen LogP contribution in [-0.4, -0.2) is 12.5 Å². The lowest BCUT2D eigenvalue weighted by Gasteiger charge is -2.30. The zero-order valence-electron chi connectivity index (χ0n) is 9.66. The molecule has 16 heavy (non-hydrogen) atoms. The highest BCUT2D eigenvalue weighted by atomic mass is 19.1. The fraction of sp³-hybridized carbons (Fsp3) is 0.462. The van der Waals surface area contributed by atoms with Crippen molar-refractivity contribution in [2.45, 2.75) is 26.7 Å². The molecule has 0 aliphatic carbocycles. The zero-order chi connectivity index (χ0) is 11.7. The van der Waals surface area contributed by atoms with Crippen molar-refractivity contribution in [1.29, 1.82) is 0 Å². The van der Waals surface area contributed by atoms with E-state index in [0.29, 0.717) is 0 Å². The number of benzene rings is 1. The normalized spacial score (nSPS) is 15.1. The van der Waals surface area contributed by atoms with E-state index in [-0.39, 0.29) is 17.6 Å². The van der Waals surface area contributed by atoms with Gasteiger partial charge in [0.25, 0.3) is 0 Å². The monoisotopic (exact) mass is 221 g/mol. The van der Waals surface area contributed by atoms with Gasteiger partial charge in [-0.3, -0.25) is 4.79 Å². The van der Waals surface area contributed by atoms with E-state index >= 15 is 0 Å². The molecule has 0 radical (unpaired) electrons. The number of carbonyl (C=O) groups is 1. The van der Waals surface area contributed by atoms with Gasteiger partial charge in [0.1, 0.15) is 5.82 Å². The first-order valence-electron chi connectivity index (χ1n) is 5.69. The van der Waals surface area contributed by atoms with Crippen LogP contribution in [-0.2, 0) is 11.2 Å². The number of anilines is 1. The number of carbonyl (C=O) groups excluding carboxylic acids is 1. The van der Waals surface area contributed by atoms with E-state index in [0.717, 1.165) is 30.6 Å². The average molecular weight is 221 g/mol. The fourth-order valence-electron chi connectivity index (χ4n) is 2.11. The van der Waals surface area contributed by atoms with Gasteiger partial charge in [-0.25, -0.2) is 4.39 Å². The standard InChI is InChI=1S/C13H16FNO/c1-9(2)13(16)15-7-3-4-10-8-11(14)5-6-12(10)15/h5-6,8-9H,3-4,7H2,1-2H3. The molecular formula is C13H16FNO. The highest BCUT2D eigenvalue weighted by Crippen LogP contribution is 2.28. The molecule has 86 valence electrons. The van der Waals surface area contributed by atoms with Crippen molar-refractivity contribution < 1.29 is 9.18 Å². The summed E-state index contributed by atoms with van der Waals surface area (Å²) in [4.78, 5) is 13.8. The highest BCUT2D eigenvalue weighted by Gasteiger charge is 2.24. The van der Waals surface area contributed by atoms with E-state index in [1.165, 1.54) is 12.1 Å². The Hall–Kier alpha value is -1.38. The van der Waals surface area contributed by atoms with Gasteiger partial charge >= 0.3 is 0 Å². The van der Waals surface area contributed by atoms with Crippen molar-refractivity contribution in [1.82, 2.24) is 0 Å². The van der Waals surface area contributed by atoms with Gasteiger partial charge in [0.15, 0.2) is 0 Å². The summed E-state index contributed by atoms with van der Waals surface area (Å²) in [5.41, 5.74) is 1.83. The Kier molecular flexibility index (Phi) is 2.95. The second-order valence-corrected chi connectivity index (χ2v) is 4.52. The largest absolute Gasteiger partial charge is 0.312 e. The van der Waals surface area contributed by atoms with E-state index < -0.39 is 0 Å². The molecular weight excluding hydrogens is 205 g/mol. The fourth-order valence-corrected chi connectivity index (χ4v) is 2.11. The van der Waals surface area contributed by atoms with E-state index in [4.69, 9.17) is 0 Å². The van der Waals surface area contributed by atoms with E-state index in [1.807, 2.05) is 13.8 Å². The summed E-state index contributed by atoms with van der Waals surface area (Å²) in [6.45, 7) is 4.52. The molecule has 0 N–H and O–H groups in total. The van der Waals surface area contributed by atoms with Crippen molar-refractivity contribution in [2.75, 3.05) is 11.4 Å². The molecule has 1 heterocycles. The lowest BCUT2D eigenvalue weighted by atomic mass is 10.00. The number of amides is 1. The maximum Gasteiger partial charge on any atom is 0.229 e. The molecule has 1 aromatic carbocycles. The van der Waals surface area contributed by atoms with Crippen molar-refractivity contribution in [3.8, 4) is 0 Å². The molecule has 1 aromatic rings. The Balaban J connectivity index is 2.37. The first-order chi connectivity index (χ1) is 7.59. The van der Waals surface area contributed by atoms with Crippen LogP contribution in [0.15, 0.2) is 18.2 Å². The maximum atomic E-state index is 13.1. The van der Waals surface area contributed by atoms with Crippen LogP contribution in [0.2, 0.25) is 0 Å². The average Bonchev–Trinajstić information content (AvgIpc) is 2.26. The van der Waals surface area contributed by atoms with E-state index in [1.54, 1.807) is 11.0 Å². The van der Waals surface area contributed by atoms with E-state index in [9.17, 15) is 9.18 Å². The minimum atomic E-state index is -0.224. The molecule has 0 spiro atoms. The summed E-state index contributed by atoms with van der Waals surface area (Å²) in [7, 11) is 0. The Morgan fingerprint density at radius 3 is 2.88 bits per heavy atom. The van der Waals surface area contributed by atoms with Gasteiger partial charge in [0.05, 0.1) is 0 Å². The second-order valence-electron chi connectivity index (χ2n) is 4.52. The molecule has 1 aliphatic heterocycles. The zero-order valence-corrected chi connectivity index (χ0v) is 9.66. The van der Waals surface area contributed by atoms with Crippen LogP contribution in [0, 0.1) is 11.7 Å². The van der Waals surface area contributed by atoms with Gasteiger partial charge in [-0.15, -0.1) is 0 Å². The summed E-state index contributed by atoms with van der Waals surface area (Å²) in [5, 5.41) is 0. The van der Waals surface area contributed by atoms with Crippen molar-refractivity contribution in [3.63, 3.8) is 0 Å². The number of halogens is 1. The van der Waals surface area contributed by atoms with Crippen LogP contribution in [0.1, 0.15) is 25.8 Å². The lowest BCUT2D eigenvalue weighted by molar-refractivity contribution is -0.121. The van der Waals surface area contributed by atoms with Gasteiger partial charge in [-0.2, -0.15) is 0 Å². The molecule has 0 saturated heterocycles. The molecule has 0 unspecified atom stereocenters. The molecule has 0 bridgehead atoms. The number of aryl methyl sites for hydroxylation is 1. The van der Waals surface area contributed by atoms with Gasteiger partial charge < -0.3 is 4.90 Å². The van der Waals surface area contributed by atoms with Crippen LogP contribution in [0.4, 0.5) is 10.1 Å². The molecule has 0 fully saturated rings. The minimum absolute atomic E-state index is 0.0176. The van der Waals surface area contributed by atoms with Crippen LogP contribution in [0.3, 0.4) is 0 Å². The Labute approximate surface area is 95.1 Å². The lowest BCUT2D eigenvalue weighted by Crippen LogP contribution is -2.38. The third-order valence-corrected chi connectivity index (χ3v) is 2.92. The number of hydrogen-bond acceptors (Lipinski definition) is 1. The molecule has 0 saturated carbocycles. The van der Waals surface area contributed by atoms with Gasteiger partial charge in [0, 0.05) is 18.2 Å². The summed E-state index contributed by atoms with van der Waals surface area (Å²) < 4.78 is 13.1. The minimum Gasteiger partial charge on any atom is -0.312 e. The van der Waals surface area contributed by atoms with Crippen molar-refractivity contribution in [3.05, 3.63) is 29.6 Å². The number of fused-ring (bicyclic) bond motifs is 1. The highest BCUT2D eigenvalue weighted by molar-refractivity contribution is 5.95. The molecule has 2 nitrogen and oxygen atoms in total. The smallest absolute Gasteiger partial charge is 0.229 e. The topological polar surface area (TPSA) is 20.3 Å². The number of nitrogens with zero attached hydrogens (tertiary/aromatic N) is 1. The predicted molar refractivity (Wildman–Crippen MR) is 61.9 cm³/mol. The van der Waals surface area contributed by atoms with E-state index in [2.05, 4.69) is 0 Å². The molecule has 0 aromatic heterocycles. The Morgan fingerprint density at radius 2 is 2.19 bits per heavy atom. The Morgan fingerprint density at radius 1 is 1.44 bits per heavy atom. The molecule has 3 heteroatoms. The second kappa shape index (κ2) is 4.24. The van der Waals surface area contributed by atoms with Gasteiger partial charge in [0.2, 0.25) is 5.91 Å². The Bertz CT molecular complexity index is 414. The molecule has 1 aliphatic rings. The molecule has 0 atom stereocenters. The maximum absolute atomic E-state index is 13.1. The van der Waals surface area contributed by atoms with Crippen LogP contribution >= 0.6 is 0 Å². The third-order valence-electron chi connectivity index (χ3n) is 2.92. The summed E-state index contributed by atoms with van der Waals surface area (Å²) >= 11 is 0. The van der Waals surface area contributed by atoms with Crippen LogP contribution in [0.25, 0.3) is 0 Å². The van der Waals surface area contributed by atoms with Crippen molar-refractivity contribution in [2.24, 2.45) is 5.92 Å². The first-order valence-corrected chi connectivity index (χ1v) is 5.69. The SMILES string of the molecule is CC(C)C(=O)N1CCCc2cc(F)ccc21. The molecule has 2 rings (SSSR count). The van der Waals surface area contributed by atoms with Crippen molar-refractivity contribution >= 4 is 11.6 Å². The quantitative estimate of drug-likeness (QED) is 0.714. The number of hydrogen-bond donors (Lipinski definition) is 0. The summed E-state index contributed by atoms with van der Waals surface area (Å²) in [5.74, 6) is -0.124.